The molecule has 22 valence electrons. The Labute approximate surface area is 25.9 Å². The van der Waals surface area contributed by atoms with Crippen molar-refractivity contribution < 1.29 is 0 Å². The van der Waals surface area contributed by atoms with E-state index in [9.17, 15) is 0 Å². The summed E-state index contributed by atoms with van der Waals surface area (Å²) in [6.07, 6.45) is 0.625. The average Bonchev–Trinajstić information content (AvgIpc) is 1.37. The molecule has 0 unspecified atom stereocenters. The van der Waals surface area contributed by atoms with Crippen LogP contribution >= 0.6 is 0 Å². The maximum atomic E-state index is 7.62. The van der Waals surface area contributed by atoms with Gasteiger partial charge in [0.2, 0.25) is 0 Å². The molecule has 4 heavy (non-hydrogen) atoms. The molecule has 0 aromatic carbocycles. The zero-order valence-corrected chi connectivity index (χ0v) is 2.65. The van der Waals surface area contributed by atoms with Gasteiger partial charge in [0, 0.05) is 6.42 Å². The second-order valence-electron chi connectivity index (χ2n) is 0.512. The van der Waals surface area contributed by atoms with E-state index in [0.29, 0.717) is 6.42 Å². The fraction of sp³-hybridized carbons (Fsp3) is 0.667. The summed E-state index contributed by atoms with van der Waals surface area (Å²) in [4.78, 5) is 0. The third kappa shape index (κ3) is 1.49. The predicted molar refractivity (Wildman–Crippen MR) is 15.9 cm³/mol. The first-order chi connectivity index (χ1) is 1.91. The van der Waals surface area contributed by atoms with E-state index in [1.807, 2.05) is 13.0 Å². The van der Waals surface area contributed by atoms with Gasteiger partial charge in [-0.05, 0) is 0 Å². The Morgan fingerprint density at radius 1 is 2.00 bits per heavy atom. The minimum atomic E-state index is 0.625. The summed E-state index contributed by atoms with van der Waals surface area (Å²) in [5, 5.41) is 7.62. The van der Waals surface area contributed by atoms with Crippen LogP contribution in [0.3, 0.4) is 0 Å². The van der Waals surface area contributed by atoms with Crippen molar-refractivity contribution in [3.8, 4) is 6.07 Å². The number of hydrogen-bond acceptors (Lipinski definition) is 1. The Balaban J connectivity index is 2.43. The second kappa shape index (κ2) is 2.49. The maximum absolute atomic E-state index is 7.62. The molecule has 1 heteroatoms. The van der Waals surface area contributed by atoms with Crippen LogP contribution in [0.25, 0.3) is 0 Å². The predicted octanol–water partition coefficient (Wildman–Crippen LogP) is 0.920. The van der Waals surface area contributed by atoms with Crippen LogP contribution in [-0.2, 0) is 0 Å². The van der Waals surface area contributed by atoms with E-state index in [1.54, 1.807) is 0 Å². The summed E-state index contributed by atoms with van der Waals surface area (Å²) < 4.78 is 0. The lowest BCUT2D eigenvalue weighted by molar-refractivity contribution is 1.22. The summed E-state index contributed by atoms with van der Waals surface area (Å²) in [5.74, 6) is 0. The maximum Gasteiger partial charge on any atom is 0.0618 e. The van der Waals surface area contributed by atoms with Crippen molar-refractivity contribution >= 4 is 0 Å². The molecule has 0 aliphatic rings. The molecule has 0 saturated heterocycles. The normalized spacial score (nSPS) is 5.00. The van der Waals surface area contributed by atoms with Crippen LogP contribution in [0.15, 0.2) is 0 Å². The van der Waals surface area contributed by atoms with Crippen LogP contribution in [0, 0.1) is 11.3 Å². The zero-order chi connectivity index (χ0) is 3.41. The molecule has 0 radical (unpaired) electrons. The monoisotopic (exact) mass is 56.0 g/mol. The average molecular weight is 56.1 g/mol. The zero-order valence-electron chi connectivity index (χ0n) is 2.65. The molecular weight excluding hydrogens is 51.0 g/mol. The summed E-state index contributed by atoms with van der Waals surface area (Å²) in [5.41, 5.74) is 0. The van der Waals surface area contributed by atoms with Gasteiger partial charge in [-0.2, -0.15) is 5.26 Å². The van der Waals surface area contributed by atoms with Crippen molar-refractivity contribution in [1.29, 1.82) is 5.26 Å². The molecule has 0 fully saturated rings. The van der Waals surface area contributed by atoms with Gasteiger partial charge in [-0.3, -0.25) is 0 Å². The molecule has 0 saturated carbocycles. The highest BCUT2D eigenvalue weighted by atomic mass is 14.4. The van der Waals surface area contributed by atoms with E-state index in [0.717, 1.165) is 0 Å². The van der Waals surface area contributed by atoms with Crippen LogP contribution in [0.1, 0.15) is 13.3 Å². The van der Waals surface area contributed by atoms with E-state index < -0.39 is 0 Å². The molecular formula is C3H5N. The van der Waals surface area contributed by atoms with Gasteiger partial charge >= 0.3 is 0 Å². The van der Waals surface area contributed by atoms with E-state index >= 15 is 0 Å². The van der Waals surface area contributed by atoms with Crippen molar-refractivity contribution in [2.45, 2.75) is 13.3 Å². The Hall–Kier alpha value is -0.510. The van der Waals surface area contributed by atoms with E-state index in [4.69, 9.17) is 5.26 Å². The third-order valence-electron chi connectivity index (χ3n) is 0.158. The van der Waals surface area contributed by atoms with Gasteiger partial charge in [-0.15, -0.1) is 0 Å². The van der Waals surface area contributed by atoms with E-state index in [-0.39, 0.29) is 0 Å². The molecule has 0 spiro atoms. The Morgan fingerprint density at radius 2 is 2.25 bits per heavy atom. The van der Waals surface area contributed by atoms with Crippen molar-refractivity contribution in [3.05, 3.63) is 0 Å². The van der Waals surface area contributed by atoms with Gasteiger partial charge in [-0.1, -0.05) is 6.92 Å². The first-order valence-electron chi connectivity index (χ1n) is 1.28. The van der Waals surface area contributed by atoms with Crippen LogP contribution in [-0.4, -0.2) is 0 Å². The van der Waals surface area contributed by atoms with Crippen molar-refractivity contribution in [3.63, 3.8) is 0 Å². The van der Waals surface area contributed by atoms with Gasteiger partial charge in [0.25, 0.3) is 0 Å². The van der Waals surface area contributed by atoms with Gasteiger partial charge in [0.05, 0.1) is 6.07 Å². The van der Waals surface area contributed by atoms with Crippen LogP contribution in [0.4, 0.5) is 0 Å². The van der Waals surface area contributed by atoms with Crippen LogP contribution in [0.2, 0.25) is 0 Å². The number of nitrogens with zero attached hydrogens (tertiary/aromatic N) is 1. The highest BCUT2D eigenvalue weighted by Gasteiger charge is 1.49. The number of nitriles is 1. The largest absolute Gasteiger partial charge is 0.198 e. The van der Waals surface area contributed by atoms with E-state index in [1.165, 1.54) is 0 Å². The van der Waals surface area contributed by atoms with Gasteiger partial charge in [0.1, 0.15) is 0 Å². The fourth-order valence-electron chi connectivity index (χ4n) is 0. The Kier molecular flexibility index (Phi) is 2.17. The van der Waals surface area contributed by atoms with Crippen molar-refractivity contribution in [2.75, 3.05) is 0 Å². The van der Waals surface area contributed by atoms with Gasteiger partial charge < -0.3 is 0 Å². The van der Waals surface area contributed by atoms with Crippen LogP contribution in [0.5, 0.6) is 0 Å². The highest BCUT2D eigenvalue weighted by Crippen LogP contribution is 1.58. The summed E-state index contributed by atoms with van der Waals surface area (Å²) in [7, 11) is 0. The first kappa shape index (κ1) is 3.49. The molecule has 0 heterocycles. The lowest BCUT2D eigenvalue weighted by Gasteiger charge is -1.47. The Morgan fingerprint density at radius 3 is 2.25 bits per heavy atom. The van der Waals surface area contributed by atoms with E-state index in [2.05, 4.69) is 0 Å². The van der Waals surface area contributed by atoms with Gasteiger partial charge in [-0.25, -0.2) is 0 Å². The smallest absolute Gasteiger partial charge is 0.0618 e. The first-order valence-corrected chi connectivity index (χ1v) is 1.28. The van der Waals surface area contributed by atoms with Crippen molar-refractivity contribution in [1.82, 2.24) is 0 Å². The molecule has 0 aromatic rings. The van der Waals surface area contributed by atoms with Gasteiger partial charge in [0.15, 0.2) is 0 Å². The SMILES string of the molecule is CC[13C]#N. The molecule has 0 atom stereocenters. The lowest BCUT2D eigenvalue weighted by atomic mass is 10.8. The fourth-order valence-corrected chi connectivity index (χ4v) is 0. The van der Waals surface area contributed by atoms with Crippen LogP contribution < -0.4 is 0 Å². The lowest BCUT2D eigenvalue weighted by Crippen LogP contribution is -1.38. The summed E-state index contributed by atoms with van der Waals surface area (Å²) in [6.45, 7) is 1.82. The molecule has 1 nitrogen and oxygen atoms in total. The molecule has 0 bridgehead atoms. The number of rotatable bonds is 0. The van der Waals surface area contributed by atoms with Crippen molar-refractivity contribution in [2.24, 2.45) is 0 Å². The molecule has 0 aliphatic carbocycles. The Bertz CT molecular complexity index is 33.0. The standard InChI is InChI=1S/C3H5N/c1-2-3-4/h2H2,1H3/i3+1. The minimum absolute atomic E-state index is 0.625. The highest BCUT2D eigenvalue weighted by molar-refractivity contribution is 4.61. The molecule has 0 amide bonds. The minimum Gasteiger partial charge on any atom is -0.198 e. The molecule has 0 N–H and O–H groups in total. The summed E-state index contributed by atoms with van der Waals surface area (Å²) in [6, 6.07) is 1.93. The second-order valence-corrected chi connectivity index (χ2v) is 0.512. The topological polar surface area (TPSA) is 23.8 Å². The quantitative estimate of drug-likeness (QED) is 0.378. The molecule has 0 aliphatic heterocycles. The molecule has 0 rings (SSSR count). The third-order valence-corrected chi connectivity index (χ3v) is 0.158. The summed E-state index contributed by atoms with van der Waals surface area (Å²) >= 11 is 0. The molecule has 0 aromatic heterocycles. The number of hydrogen-bond donors (Lipinski definition) is 0.